The number of furan rings is 1. The second-order valence-corrected chi connectivity index (χ2v) is 6.83. The molecule has 2 aromatic rings. The van der Waals surface area contributed by atoms with Gasteiger partial charge in [0.1, 0.15) is 10.8 Å². The zero-order valence-electron chi connectivity index (χ0n) is 14.2. The highest BCUT2D eigenvalue weighted by molar-refractivity contribution is 7.10. The van der Waals surface area contributed by atoms with E-state index >= 15 is 0 Å². The minimum atomic E-state index is -0.0841. The topological polar surface area (TPSA) is 70.4 Å². The van der Waals surface area contributed by atoms with Crippen LogP contribution in [0.15, 0.2) is 22.8 Å². The SMILES string of the molecule is CNc1snc(C)c1C(=O)NC[C@@H](c1ccco1)N1CCCCC1. The van der Waals surface area contributed by atoms with Crippen molar-refractivity contribution in [2.45, 2.75) is 32.2 Å². The van der Waals surface area contributed by atoms with Crippen LogP contribution < -0.4 is 10.6 Å². The van der Waals surface area contributed by atoms with Crippen LogP contribution in [0.25, 0.3) is 0 Å². The molecular weight excluding hydrogens is 324 g/mol. The van der Waals surface area contributed by atoms with Crippen LogP contribution >= 0.6 is 11.5 Å². The number of nitrogens with one attached hydrogen (secondary N) is 2. The van der Waals surface area contributed by atoms with Gasteiger partial charge >= 0.3 is 0 Å². The maximum Gasteiger partial charge on any atom is 0.256 e. The third kappa shape index (κ3) is 3.62. The van der Waals surface area contributed by atoms with Gasteiger partial charge in [-0.2, -0.15) is 4.37 Å². The fraction of sp³-hybridized carbons (Fsp3) is 0.529. The summed E-state index contributed by atoms with van der Waals surface area (Å²) in [5, 5.41) is 6.92. The highest BCUT2D eigenvalue weighted by atomic mass is 32.1. The van der Waals surface area contributed by atoms with Gasteiger partial charge in [0, 0.05) is 13.6 Å². The molecule has 0 unspecified atom stereocenters. The molecule has 1 fully saturated rings. The Hall–Kier alpha value is -1.86. The summed E-state index contributed by atoms with van der Waals surface area (Å²) in [6, 6.07) is 3.97. The Morgan fingerprint density at radius 2 is 2.21 bits per heavy atom. The standard InChI is InChI=1S/C17H24N4O2S/c1-12-15(17(18-2)24-20-12)16(22)19-11-13(14-7-6-10-23-14)21-8-4-3-5-9-21/h6-7,10,13,18H,3-5,8-9,11H2,1-2H3,(H,19,22)/t13-/m0/s1. The summed E-state index contributed by atoms with van der Waals surface area (Å²) in [7, 11) is 1.81. The van der Waals surface area contributed by atoms with Crippen LogP contribution in [0.5, 0.6) is 0 Å². The number of hydrogen-bond acceptors (Lipinski definition) is 6. The minimum absolute atomic E-state index is 0.0780. The molecule has 2 N–H and O–H groups in total. The monoisotopic (exact) mass is 348 g/mol. The molecule has 0 saturated carbocycles. The van der Waals surface area contributed by atoms with Gasteiger partial charge in [-0.25, -0.2) is 0 Å². The number of rotatable bonds is 6. The molecule has 3 heterocycles. The lowest BCUT2D eigenvalue weighted by Gasteiger charge is -2.33. The Morgan fingerprint density at radius 1 is 1.42 bits per heavy atom. The Bertz CT molecular complexity index is 662. The van der Waals surface area contributed by atoms with E-state index in [1.807, 2.05) is 26.1 Å². The number of carbonyl (C=O) groups excluding carboxylic acids is 1. The molecule has 24 heavy (non-hydrogen) atoms. The summed E-state index contributed by atoms with van der Waals surface area (Å²) in [6.07, 6.45) is 5.37. The Labute approximate surface area is 146 Å². The van der Waals surface area contributed by atoms with Crippen LogP contribution in [0.1, 0.15) is 47.1 Å². The Kier molecular flexibility index (Phi) is 5.52. The molecule has 7 heteroatoms. The zero-order chi connectivity index (χ0) is 16.9. The zero-order valence-corrected chi connectivity index (χ0v) is 15.0. The highest BCUT2D eigenvalue weighted by Gasteiger charge is 2.26. The number of aromatic nitrogens is 1. The van der Waals surface area contributed by atoms with E-state index in [2.05, 4.69) is 19.9 Å². The Balaban J connectivity index is 1.71. The normalized spacial score (nSPS) is 16.8. The first-order valence-electron chi connectivity index (χ1n) is 8.40. The third-order valence-electron chi connectivity index (χ3n) is 4.48. The average molecular weight is 348 g/mol. The number of anilines is 1. The first kappa shape index (κ1) is 17.0. The van der Waals surface area contributed by atoms with E-state index in [-0.39, 0.29) is 11.9 Å². The number of aryl methyl sites for hydroxylation is 1. The van der Waals surface area contributed by atoms with Gasteiger partial charge in [-0.05, 0) is 56.5 Å². The molecular formula is C17H24N4O2S. The molecule has 1 aliphatic rings. The highest BCUT2D eigenvalue weighted by Crippen LogP contribution is 2.26. The lowest BCUT2D eigenvalue weighted by Crippen LogP contribution is -2.40. The van der Waals surface area contributed by atoms with E-state index in [4.69, 9.17) is 4.42 Å². The number of amides is 1. The molecule has 1 atom stereocenters. The van der Waals surface area contributed by atoms with E-state index < -0.39 is 0 Å². The van der Waals surface area contributed by atoms with Crippen molar-refractivity contribution in [3.05, 3.63) is 35.4 Å². The smallest absolute Gasteiger partial charge is 0.256 e. The van der Waals surface area contributed by atoms with E-state index in [0.29, 0.717) is 12.1 Å². The molecule has 1 amide bonds. The van der Waals surface area contributed by atoms with Crippen LogP contribution in [0.2, 0.25) is 0 Å². The van der Waals surface area contributed by atoms with Crippen molar-refractivity contribution in [3.8, 4) is 0 Å². The summed E-state index contributed by atoms with van der Waals surface area (Å²) >= 11 is 1.31. The largest absolute Gasteiger partial charge is 0.468 e. The van der Waals surface area contributed by atoms with Gasteiger partial charge < -0.3 is 15.1 Å². The van der Waals surface area contributed by atoms with E-state index in [1.54, 1.807) is 6.26 Å². The predicted octanol–water partition coefficient (Wildman–Crippen LogP) is 3.04. The van der Waals surface area contributed by atoms with Crippen molar-refractivity contribution in [3.63, 3.8) is 0 Å². The molecule has 0 spiro atoms. The van der Waals surface area contributed by atoms with Gasteiger partial charge in [0.2, 0.25) is 0 Å². The summed E-state index contributed by atoms with van der Waals surface area (Å²) in [4.78, 5) is 15.0. The van der Waals surface area contributed by atoms with Gasteiger partial charge in [0.25, 0.3) is 5.91 Å². The third-order valence-corrected chi connectivity index (χ3v) is 5.43. The first-order valence-corrected chi connectivity index (χ1v) is 9.17. The maximum atomic E-state index is 12.6. The fourth-order valence-electron chi connectivity index (χ4n) is 3.21. The van der Waals surface area contributed by atoms with Crippen molar-refractivity contribution in [2.75, 3.05) is 32.0 Å². The van der Waals surface area contributed by atoms with Gasteiger partial charge in [0.15, 0.2) is 0 Å². The number of hydrogen-bond donors (Lipinski definition) is 2. The quantitative estimate of drug-likeness (QED) is 0.840. The molecule has 0 aromatic carbocycles. The van der Waals surface area contributed by atoms with E-state index in [0.717, 1.165) is 29.5 Å². The van der Waals surface area contributed by atoms with Gasteiger partial charge in [0.05, 0.1) is 23.6 Å². The second kappa shape index (κ2) is 7.81. The van der Waals surface area contributed by atoms with Crippen LogP contribution in [-0.4, -0.2) is 41.9 Å². The first-order chi connectivity index (χ1) is 11.7. The fourth-order valence-corrected chi connectivity index (χ4v) is 3.95. The molecule has 130 valence electrons. The summed E-state index contributed by atoms with van der Waals surface area (Å²) in [5.74, 6) is 0.824. The van der Waals surface area contributed by atoms with Gasteiger partial charge in [-0.15, -0.1) is 0 Å². The van der Waals surface area contributed by atoms with Crippen LogP contribution in [0.4, 0.5) is 5.00 Å². The average Bonchev–Trinajstić information content (AvgIpc) is 3.25. The van der Waals surface area contributed by atoms with Crippen molar-refractivity contribution < 1.29 is 9.21 Å². The molecule has 6 nitrogen and oxygen atoms in total. The summed E-state index contributed by atoms with van der Waals surface area (Å²) in [5.41, 5.74) is 1.40. The van der Waals surface area contributed by atoms with Crippen molar-refractivity contribution in [2.24, 2.45) is 0 Å². The number of piperidine rings is 1. The molecule has 1 saturated heterocycles. The van der Waals surface area contributed by atoms with Gasteiger partial charge in [-0.3, -0.25) is 9.69 Å². The summed E-state index contributed by atoms with van der Waals surface area (Å²) < 4.78 is 9.89. The molecule has 2 aromatic heterocycles. The van der Waals surface area contributed by atoms with Crippen LogP contribution in [-0.2, 0) is 0 Å². The molecule has 1 aliphatic heterocycles. The lowest BCUT2D eigenvalue weighted by molar-refractivity contribution is 0.0914. The number of carbonyl (C=O) groups is 1. The van der Waals surface area contributed by atoms with Crippen molar-refractivity contribution in [1.82, 2.24) is 14.6 Å². The number of nitrogens with zero attached hydrogens (tertiary/aromatic N) is 2. The molecule has 0 radical (unpaired) electrons. The maximum absolute atomic E-state index is 12.6. The number of likely N-dealkylation sites (tertiary alicyclic amines) is 1. The predicted molar refractivity (Wildman–Crippen MR) is 95.6 cm³/mol. The molecule has 0 aliphatic carbocycles. The van der Waals surface area contributed by atoms with Gasteiger partial charge in [-0.1, -0.05) is 6.42 Å². The summed E-state index contributed by atoms with van der Waals surface area (Å²) in [6.45, 7) is 4.48. The van der Waals surface area contributed by atoms with Crippen molar-refractivity contribution >= 4 is 22.4 Å². The van der Waals surface area contributed by atoms with Crippen LogP contribution in [0.3, 0.4) is 0 Å². The van der Waals surface area contributed by atoms with E-state index in [1.165, 1.54) is 30.8 Å². The van der Waals surface area contributed by atoms with E-state index in [9.17, 15) is 4.79 Å². The molecule has 0 bridgehead atoms. The molecule has 3 rings (SSSR count). The van der Waals surface area contributed by atoms with Crippen LogP contribution in [0, 0.1) is 6.92 Å². The second-order valence-electron chi connectivity index (χ2n) is 6.06. The Morgan fingerprint density at radius 3 is 2.88 bits per heavy atom. The lowest BCUT2D eigenvalue weighted by atomic mass is 10.1. The van der Waals surface area contributed by atoms with Crippen molar-refractivity contribution in [1.29, 1.82) is 0 Å². The minimum Gasteiger partial charge on any atom is -0.468 e.